The van der Waals surface area contributed by atoms with E-state index >= 15 is 0 Å². The lowest BCUT2D eigenvalue weighted by Gasteiger charge is -2.09. The fraction of sp³-hybridized carbons (Fsp3) is 0. The monoisotopic (exact) mass is 367 g/mol. The van der Waals surface area contributed by atoms with Gasteiger partial charge in [-0.3, -0.25) is 4.72 Å². The molecule has 3 rings (SSSR count). The molecule has 0 aliphatic rings. The van der Waals surface area contributed by atoms with Gasteiger partial charge in [0.2, 0.25) is 0 Å². The molecule has 3 aromatic rings. The Kier molecular flexibility index (Phi) is 4.45. The zero-order valence-electron chi connectivity index (χ0n) is 12.0. The number of pyridine rings is 1. The number of thiophene rings is 1. The standard InChI is InChI=1S/C15H11F2N3O2S2/c16-10-3-5-13(12(17)8-10)19-11-4-6-14(18-9-11)20-24(21,22)15-2-1-7-23-15/h1-9,19H,(H,18,20). The van der Waals surface area contributed by atoms with Gasteiger partial charge in [-0.15, -0.1) is 11.3 Å². The highest BCUT2D eigenvalue weighted by Gasteiger charge is 2.15. The summed E-state index contributed by atoms with van der Waals surface area (Å²) in [6.45, 7) is 0. The van der Waals surface area contributed by atoms with Crippen LogP contribution in [0.15, 0.2) is 58.3 Å². The minimum Gasteiger partial charge on any atom is -0.352 e. The predicted molar refractivity (Wildman–Crippen MR) is 89.0 cm³/mol. The van der Waals surface area contributed by atoms with Gasteiger partial charge < -0.3 is 5.32 Å². The summed E-state index contributed by atoms with van der Waals surface area (Å²) >= 11 is 1.09. The molecular formula is C15H11F2N3O2S2. The first-order valence-corrected chi connectivity index (χ1v) is 9.05. The summed E-state index contributed by atoms with van der Waals surface area (Å²) < 4.78 is 53.1. The molecule has 0 spiro atoms. The molecule has 0 amide bonds. The summed E-state index contributed by atoms with van der Waals surface area (Å²) in [5, 5.41) is 4.40. The highest BCUT2D eigenvalue weighted by molar-refractivity contribution is 7.94. The number of nitrogens with one attached hydrogen (secondary N) is 2. The number of rotatable bonds is 5. The second kappa shape index (κ2) is 6.54. The van der Waals surface area contributed by atoms with Gasteiger partial charge in [0.1, 0.15) is 21.7 Å². The van der Waals surface area contributed by atoms with Crippen LogP contribution in [-0.2, 0) is 10.0 Å². The Balaban J connectivity index is 1.74. The molecule has 5 nitrogen and oxygen atoms in total. The number of aromatic nitrogens is 1. The van der Waals surface area contributed by atoms with Crippen molar-refractivity contribution < 1.29 is 17.2 Å². The molecule has 2 N–H and O–H groups in total. The van der Waals surface area contributed by atoms with E-state index in [9.17, 15) is 17.2 Å². The van der Waals surface area contributed by atoms with Crippen LogP contribution in [0.25, 0.3) is 0 Å². The van der Waals surface area contributed by atoms with Gasteiger partial charge in [0.15, 0.2) is 0 Å². The Hall–Kier alpha value is -2.52. The highest BCUT2D eigenvalue weighted by Crippen LogP contribution is 2.22. The van der Waals surface area contributed by atoms with Crippen molar-refractivity contribution in [3.05, 3.63) is 65.7 Å². The lowest BCUT2D eigenvalue weighted by molar-refractivity contribution is 0.586. The maximum Gasteiger partial charge on any atom is 0.272 e. The summed E-state index contributed by atoms with van der Waals surface area (Å²) in [5.74, 6) is -1.28. The molecule has 124 valence electrons. The molecule has 9 heteroatoms. The van der Waals surface area contributed by atoms with Crippen LogP contribution in [0.2, 0.25) is 0 Å². The quantitative estimate of drug-likeness (QED) is 0.716. The van der Waals surface area contributed by atoms with Gasteiger partial charge in [-0.25, -0.2) is 22.2 Å². The molecular weight excluding hydrogens is 356 g/mol. The number of anilines is 3. The molecule has 0 atom stereocenters. The smallest absolute Gasteiger partial charge is 0.272 e. The first-order chi connectivity index (χ1) is 11.4. The minimum absolute atomic E-state index is 0.0881. The Morgan fingerprint density at radius 2 is 1.92 bits per heavy atom. The normalized spacial score (nSPS) is 11.2. The van der Waals surface area contributed by atoms with Crippen LogP contribution in [0, 0.1) is 11.6 Å². The summed E-state index contributed by atoms with van der Waals surface area (Å²) in [4.78, 5) is 3.97. The molecule has 0 unspecified atom stereocenters. The number of hydrogen-bond acceptors (Lipinski definition) is 5. The molecule has 0 bridgehead atoms. The topological polar surface area (TPSA) is 71.1 Å². The fourth-order valence-corrected chi connectivity index (χ4v) is 3.88. The van der Waals surface area contributed by atoms with Gasteiger partial charge in [-0.05, 0) is 35.7 Å². The van der Waals surface area contributed by atoms with Gasteiger partial charge in [-0.1, -0.05) is 6.07 Å². The van der Waals surface area contributed by atoms with E-state index in [1.54, 1.807) is 11.4 Å². The van der Waals surface area contributed by atoms with Crippen LogP contribution >= 0.6 is 11.3 Å². The number of hydrogen-bond donors (Lipinski definition) is 2. The molecule has 0 radical (unpaired) electrons. The van der Waals surface area contributed by atoms with Gasteiger partial charge in [0, 0.05) is 6.07 Å². The van der Waals surface area contributed by atoms with E-state index in [-0.39, 0.29) is 15.7 Å². The van der Waals surface area contributed by atoms with E-state index in [1.807, 2.05) is 0 Å². The lowest BCUT2D eigenvalue weighted by Crippen LogP contribution is -2.12. The number of sulfonamides is 1. The molecule has 0 saturated heterocycles. The fourth-order valence-electron chi connectivity index (χ4n) is 1.88. The summed E-state index contributed by atoms with van der Waals surface area (Å²) in [6.07, 6.45) is 1.34. The minimum atomic E-state index is -3.67. The second-order valence-corrected chi connectivity index (χ2v) is 7.58. The third-order valence-corrected chi connectivity index (χ3v) is 5.72. The number of benzene rings is 1. The van der Waals surface area contributed by atoms with Crippen LogP contribution in [0.1, 0.15) is 0 Å². The van der Waals surface area contributed by atoms with E-state index in [0.29, 0.717) is 5.69 Å². The molecule has 1 aromatic carbocycles. The van der Waals surface area contributed by atoms with Crippen molar-refractivity contribution in [2.75, 3.05) is 10.0 Å². The van der Waals surface area contributed by atoms with Crippen molar-refractivity contribution in [2.24, 2.45) is 0 Å². The van der Waals surface area contributed by atoms with Gasteiger partial charge >= 0.3 is 0 Å². The van der Waals surface area contributed by atoms with Crippen LogP contribution in [0.3, 0.4) is 0 Å². The Bertz CT molecular complexity index is 943. The van der Waals surface area contributed by atoms with Crippen molar-refractivity contribution in [3.8, 4) is 0 Å². The summed E-state index contributed by atoms with van der Waals surface area (Å²) in [6, 6.07) is 9.24. The van der Waals surface area contributed by atoms with Crippen molar-refractivity contribution in [2.45, 2.75) is 4.21 Å². The maximum absolute atomic E-state index is 13.6. The van der Waals surface area contributed by atoms with Gasteiger partial charge in [-0.2, -0.15) is 0 Å². The molecule has 2 heterocycles. The molecule has 2 aromatic heterocycles. The number of halogens is 2. The third-order valence-electron chi connectivity index (χ3n) is 2.97. The van der Waals surface area contributed by atoms with Crippen molar-refractivity contribution in [1.82, 2.24) is 4.98 Å². The maximum atomic E-state index is 13.6. The van der Waals surface area contributed by atoms with Crippen molar-refractivity contribution >= 4 is 38.6 Å². The Labute approximate surface area is 141 Å². The van der Waals surface area contributed by atoms with E-state index in [1.165, 1.54) is 30.5 Å². The van der Waals surface area contributed by atoms with E-state index in [0.717, 1.165) is 23.5 Å². The second-order valence-electron chi connectivity index (χ2n) is 4.72. The molecule has 24 heavy (non-hydrogen) atoms. The molecule has 0 aliphatic carbocycles. The van der Waals surface area contributed by atoms with Crippen LogP contribution in [0.5, 0.6) is 0 Å². The van der Waals surface area contributed by atoms with E-state index < -0.39 is 21.7 Å². The first-order valence-electron chi connectivity index (χ1n) is 6.68. The predicted octanol–water partition coefficient (Wildman–Crippen LogP) is 3.97. The summed E-state index contributed by atoms with van der Waals surface area (Å²) in [5.41, 5.74) is 0.518. The lowest BCUT2D eigenvalue weighted by atomic mass is 10.3. The Morgan fingerprint density at radius 3 is 2.54 bits per heavy atom. The van der Waals surface area contributed by atoms with Crippen molar-refractivity contribution in [1.29, 1.82) is 0 Å². The zero-order valence-corrected chi connectivity index (χ0v) is 13.7. The average Bonchev–Trinajstić information content (AvgIpc) is 3.07. The SMILES string of the molecule is O=S(=O)(Nc1ccc(Nc2ccc(F)cc2F)cn1)c1cccs1. The zero-order chi connectivity index (χ0) is 17.2. The van der Waals surface area contributed by atoms with Crippen LogP contribution in [-0.4, -0.2) is 13.4 Å². The molecule has 0 fully saturated rings. The Morgan fingerprint density at radius 1 is 1.08 bits per heavy atom. The number of nitrogens with zero attached hydrogens (tertiary/aromatic N) is 1. The van der Waals surface area contributed by atoms with Crippen LogP contribution in [0.4, 0.5) is 26.0 Å². The first kappa shape index (κ1) is 16.3. The highest BCUT2D eigenvalue weighted by atomic mass is 32.2. The van der Waals surface area contributed by atoms with Gasteiger partial charge in [0.25, 0.3) is 10.0 Å². The van der Waals surface area contributed by atoms with Gasteiger partial charge in [0.05, 0.1) is 17.6 Å². The third kappa shape index (κ3) is 3.69. The average molecular weight is 367 g/mol. The van der Waals surface area contributed by atoms with E-state index in [2.05, 4.69) is 15.0 Å². The molecule has 0 aliphatic heterocycles. The largest absolute Gasteiger partial charge is 0.352 e. The molecule has 0 saturated carbocycles. The summed E-state index contributed by atoms with van der Waals surface area (Å²) in [7, 11) is -3.67. The van der Waals surface area contributed by atoms with Crippen molar-refractivity contribution in [3.63, 3.8) is 0 Å². The van der Waals surface area contributed by atoms with Crippen LogP contribution < -0.4 is 10.0 Å². The van der Waals surface area contributed by atoms with E-state index in [4.69, 9.17) is 0 Å².